The molecule has 2 rings (SSSR count). The van der Waals surface area contributed by atoms with Gasteiger partial charge in [0.25, 0.3) is 10.2 Å². The van der Waals surface area contributed by atoms with Crippen molar-refractivity contribution < 1.29 is 22.7 Å². The zero-order valence-electron chi connectivity index (χ0n) is 12.4. The number of hydrogen-bond acceptors (Lipinski definition) is 5. The number of hydrogen-bond donors (Lipinski definition) is 1. The van der Waals surface area contributed by atoms with Crippen LogP contribution in [0.15, 0.2) is 0 Å². The van der Waals surface area contributed by atoms with Crippen LogP contribution in [0, 0.1) is 0 Å². The van der Waals surface area contributed by atoms with Crippen molar-refractivity contribution >= 4 is 16.2 Å². The Morgan fingerprint density at radius 3 is 2.81 bits per heavy atom. The summed E-state index contributed by atoms with van der Waals surface area (Å²) in [5.74, 6) is -0.459. The lowest BCUT2D eigenvalue weighted by Crippen LogP contribution is -2.53. The molecule has 8 heteroatoms. The third kappa shape index (κ3) is 4.38. The zero-order chi connectivity index (χ0) is 15.3. The maximum absolute atomic E-state index is 12.4. The molecule has 0 spiro atoms. The first kappa shape index (κ1) is 16.7. The summed E-state index contributed by atoms with van der Waals surface area (Å²) in [6.07, 6.45) is 3.87. The molecule has 21 heavy (non-hydrogen) atoms. The van der Waals surface area contributed by atoms with Gasteiger partial charge in [0.05, 0.1) is 12.7 Å². The van der Waals surface area contributed by atoms with E-state index in [-0.39, 0.29) is 19.3 Å². The SMILES string of the molecule is CCOC(=O)[C@@H]1CCCCN1S(=O)(=O)NC[C@@H]1CCCO1. The molecule has 2 fully saturated rings. The van der Waals surface area contributed by atoms with Crippen LogP contribution in [0.3, 0.4) is 0 Å². The van der Waals surface area contributed by atoms with Crippen LogP contribution in [0.4, 0.5) is 0 Å². The van der Waals surface area contributed by atoms with Gasteiger partial charge in [-0.25, -0.2) is 0 Å². The molecule has 0 aromatic heterocycles. The van der Waals surface area contributed by atoms with E-state index in [9.17, 15) is 13.2 Å². The Labute approximate surface area is 126 Å². The second-order valence-electron chi connectivity index (χ2n) is 5.36. The topological polar surface area (TPSA) is 84.9 Å². The molecule has 122 valence electrons. The summed E-state index contributed by atoms with van der Waals surface area (Å²) in [6.45, 7) is 3.27. The van der Waals surface area contributed by atoms with Crippen molar-refractivity contribution in [3.63, 3.8) is 0 Å². The second-order valence-corrected chi connectivity index (χ2v) is 7.07. The molecule has 2 aliphatic rings. The van der Waals surface area contributed by atoms with E-state index in [0.29, 0.717) is 19.6 Å². The van der Waals surface area contributed by atoms with Gasteiger partial charge in [-0.3, -0.25) is 4.79 Å². The Morgan fingerprint density at radius 1 is 1.33 bits per heavy atom. The normalized spacial score (nSPS) is 27.7. The summed E-state index contributed by atoms with van der Waals surface area (Å²) < 4.78 is 39.0. The van der Waals surface area contributed by atoms with Crippen LogP contribution < -0.4 is 4.72 Å². The lowest BCUT2D eigenvalue weighted by atomic mass is 10.1. The van der Waals surface area contributed by atoms with Crippen molar-refractivity contribution in [3.8, 4) is 0 Å². The molecule has 0 unspecified atom stereocenters. The van der Waals surface area contributed by atoms with Crippen molar-refractivity contribution in [2.24, 2.45) is 0 Å². The molecule has 0 bridgehead atoms. The number of esters is 1. The Hall–Kier alpha value is -0.700. The predicted molar refractivity (Wildman–Crippen MR) is 76.9 cm³/mol. The number of carbonyl (C=O) groups is 1. The van der Waals surface area contributed by atoms with Crippen LogP contribution in [-0.4, -0.2) is 57.1 Å². The molecular weight excluding hydrogens is 296 g/mol. The maximum atomic E-state index is 12.4. The fraction of sp³-hybridized carbons (Fsp3) is 0.923. The second kappa shape index (κ2) is 7.53. The van der Waals surface area contributed by atoms with Gasteiger partial charge in [-0.1, -0.05) is 0 Å². The number of nitrogens with zero attached hydrogens (tertiary/aromatic N) is 1. The number of carbonyl (C=O) groups excluding carboxylic acids is 1. The van der Waals surface area contributed by atoms with E-state index in [0.717, 1.165) is 25.7 Å². The minimum atomic E-state index is -3.68. The number of piperidine rings is 1. The summed E-state index contributed by atoms with van der Waals surface area (Å²) in [4.78, 5) is 11.9. The minimum absolute atomic E-state index is 0.0643. The Balaban J connectivity index is 1.98. The van der Waals surface area contributed by atoms with Crippen molar-refractivity contribution in [2.75, 3.05) is 26.3 Å². The van der Waals surface area contributed by atoms with Gasteiger partial charge in [0.1, 0.15) is 6.04 Å². The van der Waals surface area contributed by atoms with Gasteiger partial charge < -0.3 is 9.47 Å². The molecule has 0 amide bonds. The Kier molecular flexibility index (Phi) is 5.98. The zero-order valence-corrected chi connectivity index (χ0v) is 13.2. The van der Waals surface area contributed by atoms with Crippen molar-refractivity contribution in [1.82, 2.24) is 9.03 Å². The fourth-order valence-corrected chi connectivity index (χ4v) is 4.21. The first-order valence-corrected chi connectivity index (χ1v) is 9.03. The molecule has 1 N–H and O–H groups in total. The third-order valence-electron chi connectivity index (χ3n) is 3.84. The smallest absolute Gasteiger partial charge is 0.324 e. The van der Waals surface area contributed by atoms with Crippen molar-refractivity contribution in [2.45, 2.75) is 51.2 Å². The molecule has 0 saturated carbocycles. The molecule has 0 aliphatic carbocycles. The van der Waals surface area contributed by atoms with Gasteiger partial charge in [0, 0.05) is 19.7 Å². The monoisotopic (exact) mass is 320 g/mol. The minimum Gasteiger partial charge on any atom is -0.465 e. The van der Waals surface area contributed by atoms with Crippen LogP contribution in [0.5, 0.6) is 0 Å². The van der Waals surface area contributed by atoms with Crippen LogP contribution in [0.2, 0.25) is 0 Å². The van der Waals surface area contributed by atoms with Gasteiger partial charge in [-0.05, 0) is 39.0 Å². The maximum Gasteiger partial charge on any atom is 0.324 e. The van der Waals surface area contributed by atoms with E-state index in [1.165, 1.54) is 4.31 Å². The molecule has 2 heterocycles. The lowest BCUT2D eigenvalue weighted by Gasteiger charge is -2.33. The standard InChI is InChI=1S/C13H24N2O5S/c1-2-19-13(16)12-7-3-4-8-15(12)21(17,18)14-10-11-6-5-9-20-11/h11-12,14H,2-10H2,1H3/t11-,12-/m0/s1. The number of nitrogens with one attached hydrogen (secondary N) is 1. The Bertz CT molecular complexity index is 447. The summed E-state index contributed by atoms with van der Waals surface area (Å²) in [7, 11) is -3.68. The highest BCUT2D eigenvalue weighted by atomic mass is 32.2. The van der Waals surface area contributed by atoms with E-state index < -0.39 is 22.2 Å². The molecule has 0 aromatic rings. The first-order valence-electron chi connectivity index (χ1n) is 7.59. The summed E-state index contributed by atoms with van der Waals surface area (Å²) in [6, 6.07) is -0.708. The van der Waals surface area contributed by atoms with Gasteiger partial charge in [-0.2, -0.15) is 17.4 Å². The third-order valence-corrected chi connectivity index (χ3v) is 5.42. The van der Waals surface area contributed by atoms with Gasteiger partial charge >= 0.3 is 5.97 Å². The molecule has 2 atom stereocenters. The van der Waals surface area contributed by atoms with Crippen LogP contribution in [0.25, 0.3) is 0 Å². The summed E-state index contributed by atoms with van der Waals surface area (Å²) >= 11 is 0. The van der Waals surface area contributed by atoms with Crippen LogP contribution in [0.1, 0.15) is 39.0 Å². The molecule has 7 nitrogen and oxygen atoms in total. The largest absolute Gasteiger partial charge is 0.465 e. The van der Waals surface area contributed by atoms with E-state index in [1.54, 1.807) is 6.92 Å². The van der Waals surface area contributed by atoms with Crippen LogP contribution in [-0.2, 0) is 24.5 Å². The average Bonchev–Trinajstić information content (AvgIpc) is 2.99. The van der Waals surface area contributed by atoms with Gasteiger partial charge in [0.15, 0.2) is 0 Å². The molecule has 0 radical (unpaired) electrons. The average molecular weight is 320 g/mol. The predicted octanol–water partition coefficient (Wildman–Crippen LogP) is 0.417. The first-order chi connectivity index (χ1) is 10.0. The molecule has 0 aromatic carbocycles. The van der Waals surface area contributed by atoms with E-state index in [4.69, 9.17) is 9.47 Å². The van der Waals surface area contributed by atoms with E-state index in [2.05, 4.69) is 4.72 Å². The quantitative estimate of drug-likeness (QED) is 0.717. The van der Waals surface area contributed by atoms with Gasteiger partial charge in [0.2, 0.25) is 0 Å². The highest BCUT2D eigenvalue weighted by molar-refractivity contribution is 7.87. The number of rotatable bonds is 6. The molecular formula is C13H24N2O5S. The van der Waals surface area contributed by atoms with E-state index >= 15 is 0 Å². The highest BCUT2D eigenvalue weighted by Gasteiger charge is 2.37. The summed E-state index contributed by atoms with van der Waals surface area (Å²) in [5.41, 5.74) is 0. The van der Waals surface area contributed by atoms with Crippen LogP contribution >= 0.6 is 0 Å². The number of ether oxygens (including phenoxy) is 2. The van der Waals surface area contributed by atoms with Gasteiger partial charge in [-0.15, -0.1) is 0 Å². The lowest BCUT2D eigenvalue weighted by molar-refractivity contribution is -0.148. The summed E-state index contributed by atoms with van der Waals surface area (Å²) in [5, 5.41) is 0. The van der Waals surface area contributed by atoms with Crippen molar-refractivity contribution in [1.29, 1.82) is 0 Å². The van der Waals surface area contributed by atoms with E-state index in [1.807, 2.05) is 0 Å². The Morgan fingerprint density at radius 2 is 2.14 bits per heavy atom. The molecule has 2 aliphatic heterocycles. The van der Waals surface area contributed by atoms with Crippen molar-refractivity contribution in [3.05, 3.63) is 0 Å². The fourth-order valence-electron chi connectivity index (χ4n) is 2.75. The highest BCUT2D eigenvalue weighted by Crippen LogP contribution is 2.21. The molecule has 2 saturated heterocycles.